The first-order valence-electron chi connectivity index (χ1n) is 12.2. The van der Waals surface area contributed by atoms with Gasteiger partial charge in [0.1, 0.15) is 12.3 Å². The zero-order valence-corrected chi connectivity index (χ0v) is 21.4. The van der Waals surface area contributed by atoms with Gasteiger partial charge in [-0.15, -0.1) is 0 Å². The van der Waals surface area contributed by atoms with Crippen molar-refractivity contribution in [2.24, 2.45) is 17.0 Å². The van der Waals surface area contributed by atoms with Crippen LogP contribution in [0, 0.1) is 16.7 Å². The Balaban J connectivity index is 1.85. The molecule has 5 atom stereocenters. The smallest absolute Gasteiger partial charge is 0.337 e. The van der Waals surface area contributed by atoms with Gasteiger partial charge in [-0.25, -0.2) is 4.79 Å². The van der Waals surface area contributed by atoms with Crippen LogP contribution in [0.25, 0.3) is 0 Å². The van der Waals surface area contributed by atoms with Crippen molar-refractivity contribution in [1.82, 2.24) is 4.90 Å². The number of aliphatic hydroxyl groups is 1. The van der Waals surface area contributed by atoms with E-state index in [0.29, 0.717) is 47.7 Å². The molecule has 0 unspecified atom stereocenters. The van der Waals surface area contributed by atoms with Crippen molar-refractivity contribution in [1.29, 1.82) is 0 Å². The molecule has 0 aromatic heterocycles. The average molecular weight is 502 g/mol. The van der Waals surface area contributed by atoms with Crippen molar-refractivity contribution in [3.05, 3.63) is 52.3 Å². The number of esters is 1. The lowest BCUT2D eigenvalue weighted by molar-refractivity contribution is -0.187. The van der Waals surface area contributed by atoms with E-state index in [1.165, 1.54) is 20.5 Å². The lowest BCUT2D eigenvalue weighted by Crippen LogP contribution is -2.69. The molecule has 0 saturated carbocycles. The maximum atomic E-state index is 12.7. The molecule has 0 radical (unpaired) electrons. The summed E-state index contributed by atoms with van der Waals surface area (Å²) < 4.78 is 22.4. The molecular formula is C26H35N3O7. The Labute approximate surface area is 211 Å². The van der Waals surface area contributed by atoms with Crippen molar-refractivity contribution < 1.29 is 28.8 Å². The van der Waals surface area contributed by atoms with Crippen LogP contribution in [0.4, 0.5) is 5.69 Å². The highest BCUT2D eigenvalue weighted by molar-refractivity contribution is 5.88. The number of rotatable bonds is 9. The summed E-state index contributed by atoms with van der Waals surface area (Å²) in [5.41, 5.74) is -0.465. The van der Waals surface area contributed by atoms with Crippen molar-refractivity contribution in [2.75, 3.05) is 39.8 Å². The minimum atomic E-state index is -1.59. The number of nitrogens with zero attached hydrogens (tertiary/aromatic N) is 2. The summed E-state index contributed by atoms with van der Waals surface area (Å²) in [6, 6.07) is 3.09. The number of nitroso groups, excluding NO2 is 1. The molecule has 1 fully saturated rings. The molecule has 1 aromatic carbocycles. The number of ether oxygens (including phenoxy) is 4. The molecule has 4 rings (SSSR count). The van der Waals surface area contributed by atoms with E-state index in [-0.39, 0.29) is 18.4 Å². The van der Waals surface area contributed by atoms with Gasteiger partial charge in [0.2, 0.25) is 0 Å². The van der Waals surface area contributed by atoms with Crippen LogP contribution in [-0.4, -0.2) is 62.2 Å². The fraction of sp³-hybridized carbons (Fsp3) is 0.577. The van der Waals surface area contributed by atoms with Gasteiger partial charge in [0, 0.05) is 24.8 Å². The van der Waals surface area contributed by atoms with Crippen LogP contribution in [0.1, 0.15) is 37.8 Å². The minimum absolute atomic E-state index is 0.0265. The van der Waals surface area contributed by atoms with E-state index in [9.17, 15) is 14.8 Å². The molecule has 0 spiro atoms. The van der Waals surface area contributed by atoms with Crippen molar-refractivity contribution in [2.45, 2.75) is 50.6 Å². The lowest BCUT2D eigenvalue weighted by Gasteiger charge is -2.56. The normalized spacial score (nSPS) is 30.6. The zero-order valence-electron chi connectivity index (χ0n) is 21.4. The van der Waals surface area contributed by atoms with Crippen molar-refractivity contribution in [3.8, 4) is 5.75 Å². The molecule has 2 N–H and O–H groups in total. The molecule has 36 heavy (non-hydrogen) atoms. The van der Waals surface area contributed by atoms with Crippen LogP contribution in [0.3, 0.4) is 0 Å². The number of fused-ring (bicyclic) bond motifs is 5. The highest BCUT2D eigenvalue weighted by Gasteiger charge is 2.66. The summed E-state index contributed by atoms with van der Waals surface area (Å²) in [7, 11) is 4.40. The van der Waals surface area contributed by atoms with Crippen LogP contribution in [0.15, 0.2) is 41.4 Å². The van der Waals surface area contributed by atoms with Gasteiger partial charge in [0.25, 0.3) is 0 Å². The number of piperidine rings is 1. The fourth-order valence-corrected chi connectivity index (χ4v) is 6.16. The largest absolute Gasteiger partial charge is 0.504 e. The first kappa shape index (κ1) is 26.0. The molecule has 0 bridgehead atoms. The minimum Gasteiger partial charge on any atom is -0.504 e. The van der Waals surface area contributed by atoms with Gasteiger partial charge in [-0.3, -0.25) is 0 Å². The average Bonchev–Trinajstić information content (AvgIpc) is 3.14. The summed E-state index contributed by atoms with van der Waals surface area (Å²) >= 11 is 0. The number of hydrogen-bond acceptors (Lipinski definition) is 10. The topological polar surface area (TPSA) is 119 Å². The molecule has 1 saturated heterocycles. The van der Waals surface area contributed by atoms with Gasteiger partial charge in [0.05, 0.1) is 44.8 Å². The van der Waals surface area contributed by atoms with Crippen LogP contribution in [-0.2, 0) is 31.2 Å². The van der Waals surface area contributed by atoms with E-state index in [4.69, 9.17) is 18.9 Å². The maximum absolute atomic E-state index is 12.7. The number of benzene rings is 1. The molecule has 1 aromatic rings. The van der Waals surface area contributed by atoms with E-state index in [1.807, 2.05) is 19.2 Å². The number of carbonyl (C=O) groups excluding carboxylic acids is 1. The molecular weight excluding hydrogens is 466 g/mol. The first-order valence-corrected chi connectivity index (χ1v) is 12.2. The Morgan fingerprint density at radius 3 is 2.69 bits per heavy atom. The summed E-state index contributed by atoms with van der Waals surface area (Å²) in [5, 5.41) is 18.8. The number of anilines is 1. The predicted octanol–water partition coefficient (Wildman–Crippen LogP) is 3.25. The van der Waals surface area contributed by atoms with Gasteiger partial charge in [0.15, 0.2) is 11.3 Å². The van der Waals surface area contributed by atoms with Gasteiger partial charge in [-0.2, -0.15) is 4.91 Å². The Bertz CT molecular complexity index is 1070. The second-order valence-electron chi connectivity index (χ2n) is 9.41. The Hall–Kier alpha value is -3.11. The zero-order chi connectivity index (χ0) is 26.1. The molecule has 3 heterocycles. The predicted molar refractivity (Wildman–Crippen MR) is 133 cm³/mol. The highest BCUT2D eigenvalue weighted by atomic mass is 16.5. The molecule has 10 nitrogen and oxygen atoms in total. The van der Waals surface area contributed by atoms with E-state index < -0.39 is 23.3 Å². The number of carbonyl (C=O) groups is 1. The third-order valence-electron chi connectivity index (χ3n) is 7.73. The summed E-state index contributed by atoms with van der Waals surface area (Å²) in [5.74, 6) is -0.0214. The summed E-state index contributed by atoms with van der Waals surface area (Å²) in [6.45, 7) is 4.89. The Kier molecular flexibility index (Phi) is 7.28. The highest BCUT2D eigenvalue weighted by Crippen LogP contribution is 2.58. The number of hydrogen-bond donors (Lipinski definition) is 2. The summed E-state index contributed by atoms with van der Waals surface area (Å²) in [4.78, 5) is 25.8. The SMILES string of the molecule is CCO[C@]12C=CN3C[C@@H](CC)[C@@H](/C(=C\OC)C(=O)OC)C[C@H]3[C@@]1(O)Nc1cc(CN=O)cc(OC)c12. The van der Waals surface area contributed by atoms with Crippen LogP contribution >= 0.6 is 0 Å². The molecule has 3 aliphatic heterocycles. The molecule has 0 aliphatic carbocycles. The van der Waals surface area contributed by atoms with E-state index in [0.717, 1.165) is 6.42 Å². The molecule has 3 aliphatic rings. The first-order chi connectivity index (χ1) is 17.3. The number of methoxy groups -OCH3 is 3. The van der Waals surface area contributed by atoms with E-state index >= 15 is 0 Å². The van der Waals surface area contributed by atoms with Gasteiger partial charge < -0.3 is 34.3 Å². The molecule has 196 valence electrons. The van der Waals surface area contributed by atoms with Crippen LogP contribution in [0.5, 0.6) is 5.75 Å². The maximum Gasteiger partial charge on any atom is 0.337 e. The molecule has 10 heteroatoms. The number of nitrogens with one attached hydrogen (secondary N) is 1. The van der Waals surface area contributed by atoms with Crippen LogP contribution < -0.4 is 10.1 Å². The fourth-order valence-electron chi connectivity index (χ4n) is 6.16. The van der Waals surface area contributed by atoms with E-state index in [2.05, 4.69) is 22.3 Å². The molecule has 0 amide bonds. The van der Waals surface area contributed by atoms with Gasteiger partial charge in [-0.05, 0) is 49.2 Å². The van der Waals surface area contributed by atoms with Crippen molar-refractivity contribution in [3.63, 3.8) is 0 Å². The quantitative estimate of drug-likeness (QED) is 0.227. The third-order valence-corrected chi connectivity index (χ3v) is 7.73. The van der Waals surface area contributed by atoms with Gasteiger partial charge >= 0.3 is 5.97 Å². The van der Waals surface area contributed by atoms with Crippen LogP contribution in [0.2, 0.25) is 0 Å². The van der Waals surface area contributed by atoms with Crippen molar-refractivity contribution >= 4 is 11.7 Å². The second-order valence-corrected chi connectivity index (χ2v) is 9.41. The monoisotopic (exact) mass is 501 g/mol. The third kappa shape index (κ3) is 3.83. The second kappa shape index (κ2) is 10.1. The standard InChI is InChI=1S/C26H35N3O7/c1-6-17-14-29-9-8-25(36-7-2)23-20(10-16(13-27-32)11-21(23)34-4)28-26(25,31)22(29)12-18(17)19(15-33-3)24(30)35-5/h8-11,15,17-18,22,28,31H,6-7,12-14H2,1-5H3/b19-15+/t17-,18+,22+,25+,26+/m1/s1. The Morgan fingerprint density at radius 2 is 2.08 bits per heavy atom. The summed E-state index contributed by atoms with van der Waals surface area (Å²) in [6.07, 6.45) is 6.59. The van der Waals surface area contributed by atoms with Gasteiger partial charge in [-0.1, -0.05) is 18.5 Å². The van der Waals surface area contributed by atoms with E-state index in [1.54, 1.807) is 19.2 Å². The lowest BCUT2D eigenvalue weighted by atomic mass is 9.69. The Morgan fingerprint density at radius 1 is 1.31 bits per heavy atom.